The summed E-state index contributed by atoms with van der Waals surface area (Å²) in [5.74, 6) is -2.96. The highest BCUT2D eigenvalue weighted by molar-refractivity contribution is 5.87. The van der Waals surface area contributed by atoms with Gasteiger partial charge in [-0.2, -0.15) is 8.78 Å². The Morgan fingerprint density at radius 1 is 0.821 bits per heavy atom. The molecule has 0 spiro atoms. The van der Waals surface area contributed by atoms with Crippen molar-refractivity contribution in [1.29, 1.82) is 0 Å². The van der Waals surface area contributed by atoms with E-state index in [0.717, 1.165) is 30.5 Å². The maximum absolute atomic E-state index is 15.2. The Kier molecular flexibility index (Phi) is 9.68. The molecule has 1 heterocycles. The number of nitrogens with zero attached hydrogens (tertiary/aromatic N) is 2. The van der Waals surface area contributed by atoms with Gasteiger partial charge in [0.05, 0.1) is 19.0 Å². The summed E-state index contributed by atoms with van der Waals surface area (Å²) in [7, 11) is 0. The molecule has 0 radical (unpaired) electrons. The van der Waals surface area contributed by atoms with Crippen LogP contribution < -0.4 is 9.47 Å². The Balaban J connectivity index is 1.41. The molecule has 0 atom stereocenters. The molecule has 206 valence electrons. The van der Waals surface area contributed by atoms with E-state index in [9.17, 15) is 17.6 Å². The second-order valence-electron chi connectivity index (χ2n) is 9.25. The van der Waals surface area contributed by atoms with Gasteiger partial charge in [-0.1, -0.05) is 56.9 Å². The number of fused-ring (bicyclic) bond motifs is 1. The highest BCUT2D eigenvalue weighted by atomic mass is 19.3. The van der Waals surface area contributed by atoms with Crippen LogP contribution in [0.3, 0.4) is 0 Å². The molecule has 0 bridgehead atoms. The van der Waals surface area contributed by atoms with Crippen LogP contribution in [0.5, 0.6) is 11.5 Å². The molecule has 0 saturated carbocycles. The summed E-state index contributed by atoms with van der Waals surface area (Å²) >= 11 is 0. The van der Waals surface area contributed by atoms with Crippen LogP contribution in [-0.2, 0) is 12.8 Å². The number of hydrogen-bond donors (Lipinski definition) is 0. The minimum Gasteiger partial charge on any atom is -0.490 e. The lowest BCUT2D eigenvalue weighted by Crippen LogP contribution is -2.06. The number of halogens is 5. The van der Waals surface area contributed by atoms with Crippen LogP contribution in [0.4, 0.5) is 22.0 Å². The smallest absolute Gasteiger partial charge is 0.387 e. The minimum atomic E-state index is -3.35. The van der Waals surface area contributed by atoms with Crippen molar-refractivity contribution in [3.05, 3.63) is 83.4 Å². The average molecular weight is 545 g/mol. The van der Waals surface area contributed by atoms with E-state index in [4.69, 9.17) is 4.74 Å². The molecule has 0 N–H and O–H groups in total. The SMILES string of the molecule is CCCCCCCOc1cnc(-c2ccc3c(F)c(CCc4cc(F)c(OC(F)F)c(F)c4)ccc3c2)nc1. The first-order valence-electron chi connectivity index (χ1n) is 12.9. The molecule has 0 fully saturated rings. The maximum Gasteiger partial charge on any atom is 0.387 e. The number of aromatic nitrogens is 2. The Labute approximate surface area is 223 Å². The lowest BCUT2D eigenvalue weighted by atomic mass is 9.98. The number of ether oxygens (including phenoxy) is 2. The van der Waals surface area contributed by atoms with Crippen molar-refractivity contribution in [3.63, 3.8) is 0 Å². The third kappa shape index (κ3) is 7.43. The van der Waals surface area contributed by atoms with Crippen LogP contribution in [0.1, 0.15) is 50.2 Å². The van der Waals surface area contributed by atoms with Crippen molar-refractivity contribution in [2.24, 2.45) is 0 Å². The van der Waals surface area contributed by atoms with Gasteiger partial charge in [0.25, 0.3) is 0 Å². The molecule has 4 nitrogen and oxygen atoms in total. The summed E-state index contributed by atoms with van der Waals surface area (Å²) in [6, 6.07) is 10.4. The molecule has 1 aromatic heterocycles. The number of alkyl halides is 2. The third-order valence-electron chi connectivity index (χ3n) is 6.39. The summed E-state index contributed by atoms with van der Waals surface area (Å²) < 4.78 is 77.5. The van der Waals surface area contributed by atoms with E-state index in [1.165, 1.54) is 19.3 Å². The second-order valence-corrected chi connectivity index (χ2v) is 9.25. The predicted molar refractivity (Wildman–Crippen MR) is 140 cm³/mol. The van der Waals surface area contributed by atoms with Crippen LogP contribution >= 0.6 is 0 Å². The number of rotatable bonds is 13. The van der Waals surface area contributed by atoms with E-state index in [0.29, 0.717) is 34.5 Å². The molecule has 0 unspecified atom stereocenters. The monoisotopic (exact) mass is 544 g/mol. The maximum atomic E-state index is 15.2. The fraction of sp³-hybridized carbons (Fsp3) is 0.333. The molecule has 0 aliphatic heterocycles. The molecule has 3 aromatic carbocycles. The van der Waals surface area contributed by atoms with E-state index in [1.807, 2.05) is 0 Å². The van der Waals surface area contributed by atoms with Gasteiger partial charge in [-0.15, -0.1) is 0 Å². The van der Waals surface area contributed by atoms with Crippen molar-refractivity contribution in [2.45, 2.75) is 58.5 Å². The van der Waals surface area contributed by atoms with Gasteiger partial charge in [-0.25, -0.2) is 23.1 Å². The molecular formula is C30H29F5N2O2. The Morgan fingerprint density at radius 2 is 1.54 bits per heavy atom. The second kappa shape index (κ2) is 13.4. The highest BCUT2D eigenvalue weighted by Gasteiger charge is 2.17. The zero-order valence-electron chi connectivity index (χ0n) is 21.5. The zero-order valence-corrected chi connectivity index (χ0v) is 21.5. The Morgan fingerprint density at radius 3 is 2.23 bits per heavy atom. The fourth-order valence-electron chi connectivity index (χ4n) is 4.34. The average Bonchev–Trinajstić information content (AvgIpc) is 2.92. The number of hydrogen-bond acceptors (Lipinski definition) is 4. The van der Waals surface area contributed by atoms with Crippen molar-refractivity contribution in [3.8, 4) is 22.9 Å². The van der Waals surface area contributed by atoms with Crippen molar-refractivity contribution in [2.75, 3.05) is 6.61 Å². The van der Waals surface area contributed by atoms with E-state index < -0.39 is 29.8 Å². The summed E-state index contributed by atoms with van der Waals surface area (Å²) in [5.41, 5.74) is 1.27. The van der Waals surface area contributed by atoms with E-state index >= 15 is 4.39 Å². The van der Waals surface area contributed by atoms with Gasteiger partial charge in [-0.05, 0) is 54.0 Å². The van der Waals surface area contributed by atoms with Gasteiger partial charge in [0.15, 0.2) is 29.0 Å². The van der Waals surface area contributed by atoms with Crippen molar-refractivity contribution in [1.82, 2.24) is 9.97 Å². The molecule has 39 heavy (non-hydrogen) atoms. The van der Waals surface area contributed by atoms with Gasteiger partial charge in [0.2, 0.25) is 0 Å². The Bertz CT molecular complexity index is 1370. The molecule has 4 aromatic rings. The minimum absolute atomic E-state index is 0.101. The molecule has 0 aliphatic carbocycles. The zero-order chi connectivity index (χ0) is 27.8. The topological polar surface area (TPSA) is 44.2 Å². The Hall–Kier alpha value is -3.75. The van der Waals surface area contributed by atoms with Crippen LogP contribution in [-0.4, -0.2) is 23.2 Å². The molecule has 0 amide bonds. The molecule has 9 heteroatoms. The molecule has 4 rings (SSSR count). The van der Waals surface area contributed by atoms with Gasteiger partial charge in [-0.3, -0.25) is 0 Å². The predicted octanol–water partition coefficient (Wildman–Crippen LogP) is 8.45. The molecular weight excluding hydrogens is 515 g/mol. The van der Waals surface area contributed by atoms with Crippen molar-refractivity contribution >= 4 is 10.8 Å². The first kappa shape index (κ1) is 28.3. The first-order valence-corrected chi connectivity index (χ1v) is 12.9. The lowest BCUT2D eigenvalue weighted by Gasteiger charge is -2.11. The largest absolute Gasteiger partial charge is 0.490 e. The summed E-state index contributed by atoms with van der Waals surface area (Å²) in [6.45, 7) is -0.551. The number of aryl methyl sites for hydroxylation is 2. The van der Waals surface area contributed by atoms with Crippen LogP contribution in [0, 0.1) is 17.5 Å². The standard InChI is InChI=1S/C30H29F5N2O2/c1-2-3-4-5-6-13-38-23-17-36-29(37-18-23)22-11-12-24-21(16-22)10-9-20(27(24)33)8-7-19-14-25(31)28(26(32)15-19)39-30(34)35/h9-12,14-18,30H,2-8,13H2,1H3. The first-order chi connectivity index (χ1) is 18.9. The van der Waals surface area contributed by atoms with Crippen LogP contribution in [0.2, 0.25) is 0 Å². The van der Waals surface area contributed by atoms with Gasteiger partial charge < -0.3 is 9.47 Å². The van der Waals surface area contributed by atoms with Crippen LogP contribution in [0.25, 0.3) is 22.2 Å². The number of unbranched alkanes of at least 4 members (excludes halogenated alkanes) is 4. The molecule has 0 saturated heterocycles. The van der Waals surface area contributed by atoms with Crippen LogP contribution in [0.15, 0.2) is 54.9 Å². The van der Waals surface area contributed by atoms with E-state index in [2.05, 4.69) is 21.6 Å². The van der Waals surface area contributed by atoms with E-state index in [1.54, 1.807) is 42.7 Å². The fourth-order valence-corrected chi connectivity index (χ4v) is 4.34. The van der Waals surface area contributed by atoms with E-state index in [-0.39, 0.29) is 18.4 Å². The van der Waals surface area contributed by atoms with Gasteiger partial charge in [0, 0.05) is 10.9 Å². The lowest BCUT2D eigenvalue weighted by molar-refractivity contribution is -0.0546. The third-order valence-corrected chi connectivity index (χ3v) is 6.39. The van der Waals surface area contributed by atoms with Gasteiger partial charge >= 0.3 is 6.61 Å². The normalized spacial score (nSPS) is 11.4. The van der Waals surface area contributed by atoms with Gasteiger partial charge in [0.1, 0.15) is 5.82 Å². The summed E-state index contributed by atoms with van der Waals surface area (Å²) in [4.78, 5) is 8.76. The number of benzene rings is 3. The molecule has 0 aliphatic rings. The highest BCUT2D eigenvalue weighted by Crippen LogP contribution is 2.29. The quantitative estimate of drug-likeness (QED) is 0.125. The van der Waals surface area contributed by atoms with Crippen molar-refractivity contribution < 1.29 is 31.4 Å². The summed E-state index contributed by atoms with van der Waals surface area (Å²) in [5, 5.41) is 1.03. The summed E-state index contributed by atoms with van der Waals surface area (Å²) in [6.07, 6.45) is 9.25.